The fourth-order valence-electron chi connectivity index (χ4n) is 2.40. The number of hydrogen-bond acceptors (Lipinski definition) is 2. The highest BCUT2D eigenvalue weighted by Crippen LogP contribution is 2.08. The lowest BCUT2D eigenvalue weighted by Gasteiger charge is -2.07. The Morgan fingerprint density at radius 3 is 2.43 bits per heavy atom. The lowest BCUT2D eigenvalue weighted by molar-refractivity contribution is -0.121. The quantitative estimate of drug-likeness (QED) is 0.607. The molecule has 0 aliphatic rings. The van der Waals surface area contributed by atoms with E-state index in [0.717, 1.165) is 17.5 Å². The smallest absolute Gasteiger partial charge is 0.220 e. The lowest BCUT2D eigenvalue weighted by atomic mass is 10.1. The summed E-state index contributed by atoms with van der Waals surface area (Å²) in [6.45, 7) is 3.37. The zero-order chi connectivity index (χ0) is 15.3. The Morgan fingerprint density at radius 2 is 1.71 bits per heavy atom. The van der Waals surface area contributed by atoms with E-state index in [4.69, 9.17) is 5.73 Å². The van der Waals surface area contributed by atoms with Crippen LogP contribution in [0.25, 0.3) is 0 Å². The van der Waals surface area contributed by atoms with Crippen molar-refractivity contribution in [1.82, 2.24) is 5.32 Å². The highest BCUT2D eigenvalue weighted by molar-refractivity contribution is 5.75. The molecule has 1 rings (SSSR count). The van der Waals surface area contributed by atoms with Gasteiger partial charge in [-0.3, -0.25) is 4.79 Å². The van der Waals surface area contributed by atoms with E-state index in [2.05, 4.69) is 12.2 Å². The molecule has 0 bridgehead atoms. The molecule has 0 fully saturated rings. The minimum atomic E-state index is 0.154. The minimum absolute atomic E-state index is 0.154. The van der Waals surface area contributed by atoms with Crippen LogP contribution in [0.5, 0.6) is 0 Å². The molecule has 21 heavy (non-hydrogen) atoms. The number of carbonyl (C=O) groups excluding carboxylic acids is 1. The predicted octanol–water partition coefficient (Wildman–Crippen LogP) is 3.90. The van der Waals surface area contributed by atoms with Gasteiger partial charge in [0.2, 0.25) is 5.91 Å². The van der Waals surface area contributed by atoms with Gasteiger partial charge >= 0.3 is 0 Å². The van der Waals surface area contributed by atoms with E-state index >= 15 is 0 Å². The third-order valence-electron chi connectivity index (χ3n) is 3.72. The summed E-state index contributed by atoms with van der Waals surface area (Å²) in [7, 11) is 0. The molecule has 118 valence electrons. The second-order valence-corrected chi connectivity index (χ2v) is 5.67. The largest absolute Gasteiger partial charge is 0.352 e. The van der Waals surface area contributed by atoms with Gasteiger partial charge in [-0.05, 0) is 17.5 Å². The number of benzene rings is 1. The molecule has 0 atom stereocenters. The topological polar surface area (TPSA) is 55.1 Å². The molecule has 3 nitrogen and oxygen atoms in total. The van der Waals surface area contributed by atoms with E-state index in [1.54, 1.807) is 0 Å². The maximum absolute atomic E-state index is 11.8. The average Bonchev–Trinajstić information content (AvgIpc) is 2.52. The van der Waals surface area contributed by atoms with Crippen LogP contribution in [0.3, 0.4) is 0 Å². The van der Waals surface area contributed by atoms with Crippen LogP contribution in [-0.2, 0) is 17.9 Å². The van der Waals surface area contributed by atoms with Gasteiger partial charge in [-0.1, -0.05) is 69.7 Å². The number of hydrogen-bond donors (Lipinski definition) is 2. The van der Waals surface area contributed by atoms with Gasteiger partial charge in [0.05, 0.1) is 0 Å². The van der Waals surface area contributed by atoms with Crippen molar-refractivity contribution in [2.24, 2.45) is 5.73 Å². The summed E-state index contributed by atoms with van der Waals surface area (Å²) in [5, 5.41) is 2.98. The van der Waals surface area contributed by atoms with Gasteiger partial charge in [-0.2, -0.15) is 0 Å². The van der Waals surface area contributed by atoms with Gasteiger partial charge in [-0.25, -0.2) is 0 Å². The zero-order valence-corrected chi connectivity index (χ0v) is 13.4. The molecule has 0 aromatic heterocycles. The van der Waals surface area contributed by atoms with Crippen molar-refractivity contribution in [3.05, 3.63) is 35.4 Å². The molecule has 0 saturated carbocycles. The number of nitrogens with one attached hydrogen (secondary N) is 1. The Hall–Kier alpha value is -1.35. The highest BCUT2D eigenvalue weighted by Gasteiger charge is 2.02. The number of amides is 1. The molecule has 0 spiro atoms. The first-order chi connectivity index (χ1) is 10.3. The van der Waals surface area contributed by atoms with Gasteiger partial charge in [0.25, 0.3) is 0 Å². The second-order valence-electron chi connectivity index (χ2n) is 5.67. The van der Waals surface area contributed by atoms with Crippen molar-refractivity contribution in [3.8, 4) is 0 Å². The minimum Gasteiger partial charge on any atom is -0.352 e. The van der Waals surface area contributed by atoms with Gasteiger partial charge < -0.3 is 11.1 Å². The SMILES string of the molecule is CCCCCCCCCC(=O)NCc1cccc(CN)c1. The fourth-order valence-corrected chi connectivity index (χ4v) is 2.40. The Labute approximate surface area is 129 Å². The number of carbonyl (C=O) groups is 1. The maximum Gasteiger partial charge on any atom is 0.220 e. The molecule has 0 aliphatic carbocycles. The molecular weight excluding hydrogens is 260 g/mol. The Balaban J connectivity index is 2.08. The van der Waals surface area contributed by atoms with E-state index in [-0.39, 0.29) is 5.91 Å². The van der Waals surface area contributed by atoms with Gasteiger partial charge in [0.15, 0.2) is 0 Å². The van der Waals surface area contributed by atoms with Gasteiger partial charge in [-0.15, -0.1) is 0 Å². The summed E-state index contributed by atoms with van der Waals surface area (Å²) < 4.78 is 0. The van der Waals surface area contributed by atoms with E-state index in [0.29, 0.717) is 19.5 Å². The van der Waals surface area contributed by atoms with Crippen LogP contribution in [0.4, 0.5) is 0 Å². The van der Waals surface area contributed by atoms with Crippen molar-refractivity contribution in [3.63, 3.8) is 0 Å². The number of rotatable bonds is 11. The van der Waals surface area contributed by atoms with E-state index < -0.39 is 0 Å². The highest BCUT2D eigenvalue weighted by atomic mass is 16.1. The molecular formula is C18H30N2O. The standard InChI is InChI=1S/C18H30N2O/c1-2-3-4-5-6-7-8-12-18(21)20-15-17-11-9-10-16(13-17)14-19/h9-11,13H,2-8,12,14-15,19H2,1H3,(H,20,21). The van der Waals surface area contributed by atoms with Crippen molar-refractivity contribution < 1.29 is 4.79 Å². The van der Waals surface area contributed by atoms with E-state index in [1.807, 2.05) is 24.3 Å². The second kappa shape index (κ2) is 11.3. The first kappa shape index (κ1) is 17.7. The zero-order valence-electron chi connectivity index (χ0n) is 13.4. The monoisotopic (exact) mass is 290 g/mol. The molecule has 0 unspecified atom stereocenters. The van der Waals surface area contributed by atoms with Crippen molar-refractivity contribution in [2.75, 3.05) is 0 Å². The maximum atomic E-state index is 11.8. The van der Waals surface area contributed by atoms with Crippen molar-refractivity contribution in [1.29, 1.82) is 0 Å². The van der Waals surface area contributed by atoms with Crippen LogP contribution in [0.15, 0.2) is 24.3 Å². The first-order valence-electron chi connectivity index (χ1n) is 8.31. The van der Waals surface area contributed by atoms with Crippen LogP contribution in [-0.4, -0.2) is 5.91 Å². The summed E-state index contributed by atoms with van der Waals surface area (Å²) in [6, 6.07) is 8.06. The van der Waals surface area contributed by atoms with E-state index in [1.165, 1.54) is 38.5 Å². The molecule has 0 saturated heterocycles. The summed E-state index contributed by atoms with van der Waals surface area (Å²) >= 11 is 0. The molecule has 3 N–H and O–H groups in total. The summed E-state index contributed by atoms with van der Waals surface area (Å²) in [4.78, 5) is 11.8. The summed E-state index contributed by atoms with van der Waals surface area (Å²) in [5.74, 6) is 0.154. The first-order valence-corrected chi connectivity index (χ1v) is 8.31. The van der Waals surface area contributed by atoms with E-state index in [9.17, 15) is 4.79 Å². The summed E-state index contributed by atoms with van der Waals surface area (Å²) in [6.07, 6.45) is 9.33. The van der Waals surface area contributed by atoms with Crippen LogP contribution in [0.1, 0.15) is 69.4 Å². The van der Waals surface area contributed by atoms with Gasteiger partial charge in [0, 0.05) is 19.5 Å². The van der Waals surface area contributed by atoms with Crippen LogP contribution < -0.4 is 11.1 Å². The van der Waals surface area contributed by atoms with Crippen LogP contribution in [0, 0.1) is 0 Å². The molecule has 1 amide bonds. The van der Waals surface area contributed by atoms with Crippen LogP contribution >= 0.6 is 0 Å². The van der Waals surface area contributed by atoms with Crippen molar-refractivity contribution >= 4 is 5.91 Å². The molecule has 0 radical (unpaired) electrons. The van der Waals surface area contributed by atoms with Crippen molar-refractivity contribution in [2.45, 2.75) is 71.4 Å². The lowest BCUT2D eigenvalue weighted by Crippen LogP contribution is -2.22. The Kier molecular flexibility index (Phi) is 9.55. The molecule has 1 aromatic rings. The number of unbranched alkanes of at least 4 members (excludes halogenated alkanes) is 6. The van der Waals surface area contributed by atoms with Crippen LogP contribution in [0.2, 0.25) is 0 Å². The Bertz CT molecular complexity index is 404. The summed E-state index contributed by atoms with van der Waals surface area (Å²) in [5.41, 5.74) is 7.83. The third-order valence-corrected chi connectivity index (χ3v) is 3.72. The normalized spacial score (nSPS) is 10.6. The fraction of sp³-hybridized carbons (Fsp3) is 0.611. The number of nitrogens with two attached hydrogens (primary N) is 1. The molecule has 1 aromatic carbocycles. The molecule has 0 aliphatic heterocycles. The Morgan fingerprint density at radius 1 is 1.05 bits per heavy atom. The third kappa shape index (κ3) is 8.51. The molecule has 3 heteroatoms. The molecule has 0 heterocycles. The van der Waals surface area contributed by atoms with Gasteiger partial charge in [0.1, 0.15) is 0 Å². The average molecular weight is 290 g/mol. The predicted molar refractivity (Wildman–Crippen MR) is 88.8 cm³/mol.